The van der Waals surface area contributed by atoms with Crippen molar-refractivity contribution in [2.45, 2.75) is 32.2 Å². The van der Waals surface area contributed by atoms with Gasteiger partial charge in [-0.25, -0.2) is 0 Å². The fourth-order valence-corrected chi connectivity index (χ4v) is 3.19. The Bertz CT molecular complexity index is 561. The van der Waals surface area contributed by atoms with Gasteiger partial charge in [0.15, 0.2) is 5.82 Å². The Balaban J connectivity index is 1.54. The number of anilines is 1. The van der Waals surface area contributed by atoms with Crippen LogP contribution in [0.25, 0.3) is 0 Å². The summed E-state index contributed by atoms with van der Waals surface area (Å²) in [6.45, 7) is 4.72. The summed E-state index contributed by atoms with van der Waals surface area (Å²) in [6.07, 6.45) is 3.99. The third-order valence-electron chi connectivity index (χ3n) is 4.57. The molecule has 2 aliphatic rings. The van der Waals surface area contributed by atoms with Crippen LogP contribution in [-0.2, 0) is 27.2 Å². The minimum atomic E-state index is 0.0394. The SMILES string of the molecule is COCCCOCC(=O)N1CCc2nnc(N3CCCC3)cc2C1. The summed E-state index contributed by atoms with van der Waals surface area (Å²) in [4.78, 5) is 16.4. The monoisotopic (exact) mass is 334 g/mol. The first-order valence-electron chi connectivity index (χ1n) is 8.73. The van der Waals surface area contributed by atoms with Gasteiger partial charge in [0.1, 0.15) is 6.61 Å². The van der Waals surface area contributed by atoms with E-state index in [2.05, 4.69) is 21.2 Å². The molecule has 3 rings (SSSR count). The third-order valence-corrected chi connectivity index (χ3v) is 4.57. The Morgan fingerprint density at radius 1 is 1.21 bits per heavy atom. The fraction of sp³-hybridized carbons (Fsp3) is 0.706. The molecule has 3 heterocycles. The second-order valence-corrected chi connectivity index (χ2v) is 6.33. The van der Waals surface area contributed by atoms with Crippen molar-refractivity contribution in [1.29, 1.82) is 0 Å². The average Bonchev–Trinajstić information content (AvgIpc) is 3.15. The Hall–Kier alpha value is -1.73. The minimum absolute atomic E-state index is 0.0394. The van der Waals surface area contributed by atoms with Crippen molar-refractivity contribution in [2.75, 3.05) is 51.5 Å². The van der Waals surface area contributed by atoms with E-state index in [0.717, 1.165) is 43.0 Å². The highest BCUT2D eigenvalue weighted by molar-refractivity contribution is 5.77. The number of aromatic nitrogens is 2. The molecule has 7 nitrogen and oxygen atoms in total. The van der Waals surface area contributed by atoms with Crippen molar-refractivity contribution in [3.63, 3.8) is 0 Å². The number of carbonyl (C=O) groups is 1. The molecule has 0 spiro atoms. The summed E-state index contributed by atoms with van der Waals surface area (Å²) in [5, 5.41) is 8.74. The smallest absolute Gasteiger partial charge is 0.248 e. The normalized spacial score (nSPS) is 17.2. The Morgan fingerprint density at radius 3 is 2.83 bits per heavy atom. The maximum atomic E-state index is 12.3. The Labute approximate surface area is 142 Å². The second-order valence-electron chi connectivity index (χ2n) is 6.33. The molecule has 132 valence electrons. The van der Waals surface area contributed by atoms with Crippen LogP contribution in [0.4, 0.5) is 5.82 Å². The zero-order valence-corrected chi connectivity index (χ0v) is 14.4. The molecular formula is C17H26N4O3. The summed E-state index contributed by atoms with van der Waals surface area (Å²) >= 11 is 0. The van der Waals surface area contributed by atoms with Crippen LogP contribution in [0.5, 0.6) is 0 Å². The number of rotatable bonds is 7. The predicted octanol–water partition coefficient (Wildman–Crippen LogP) is 1.01. The summed E-state index contributed by atoms with van der Waals surface area (Å²) < 4.78 is 10.4. The van der Waals surface area contributed by atoms with Crippen molar-refractivity contribution in [3.8, 4) is 0 Å². The number of carbonyl (C=O) groups excluding carboxylic acids is 1. The first-order valence-corrected chi connectivity index (χ1v) is 8.73. The molecule has 0 bridgehead atoms. The maximum absolute atomic E-state index is 12.3. The molecule has 2 aliphatic heterocycles. The topological polar surface area (TPSA) is 67.8 Å². The van der Waals surface area contributed by atoms with Gasteiger partial charge >= 0.3 is 0 Å². The minimum Gasteiger partial charge on any atom is -0.385 e. The van der Waals surface area contributed by atoms with Crippen LogP contribution in [-0.4, -0.2) is 67.6 Å². The lowest BCUT2D eigenvalue weighted by Crippen LogP contribution is -2.39. The molecule has 0 atom stereocenters. The lowest BCUT2D eigenvalue weighted by atomic mass is 10.1. The highest BCUT2D eigenvalue weighted by Crippen LogP contribution is 2.23. The van der Waals surface area contributed by atoms with Crippen molar-refractivity contribution in [2.24, 2.45) is 0 Å². The van der Waals surface area contributed by atoms with Crippen molar-refractivity contribution in [1.82, 2.24) is 15.1 Å². The van der Waals surface area contributed by atoms with E-state index in [-0.39, 0.29) is 12.5 Å². The van der Waals surface area contributed by atoms with Crippen LogP contribution < -0.4 is 4.90 Å². The number of hydrogen-bond acceptors (Lipinski definition) is 6. The molecule has 0 unspecified atom stereocenters. The van der Waals surface area contributed by atoms with Gasteiger partial charge in [0.05, 0.1) is 5.69 Å². The quantitative estimate of drug-likeness (QED) is 0.694. The zero-order chi connectivity index (χ0) is 16.8. The van der Waals surface area contributed by atoms with Crippen molar-refractivity contribution in [3.05, 3.63) is 17.3 Å². The van der Waals surface area contributed by atoms with Crippen LogP contribution in [0.15, 0.2) is 6.07 Å². The van der Waals surface area contributed by atoms with Crippen LogP contribution in [0.2, 0.25) is 0 Å². The van der Waals surface area contributed by atoms with Gasteiger partial charge in [-0.2, -0.15) is 5.10 Å². The van der Waals surface area contributed by atoms with Gasteiger partial charge in [-0.05, 0) is 30.9 Å². The van der Waals surface area contributed by atoms with Crippen LogP contribution in [0.1, 0.15) is 30.5 Å². The number of nitrogens with zero attached hydrogens (tertiary/aromatic N) is 4. The van der Waals surface area contributed by atoms with Crippen LogP contribution in [0.3, 0.4) is 0 Å². The number of amides is 1. The van der Waals surface area contributed by atoms with E-state index < -0.39 is 0 Å². The average molecular weight is 334 g/mol. The van der Waals surface area contributed by atoms with E-state index in [4.69, 9.17) is 9.47 Å². The molecule has 1 aromatic rings. The van der Waals surface area contributed by atoms with Gasteiger partial charge in [0.2, 0.25) is 5.91 Å². The van der Waals surface area contributed by atoms with Crippen molar-refractivity contribution < 1.29 is 14.3 Å². The van der Waals surface area contributed by atoms with Crippen molar-refractivity contribution >= 4 is 11.7 Å². The van der Waals surface area contributed by atoms with Gasteiger partial charge in [-0.15, -0.1) is 5.10 Å². The molecule has 0 N–H and O–H groups in total. The van der Waals surface area contributed by atoms with E-state index in [9.17, 15) is 4.79 Å². The van der Waals surface area contributed by atoms with E-state index >= 15 is 0 Å². The van der Waals surface area contributed by atoms with Gasteiger partial charge in [-0.1, -0.05) is 0 Å². The summed E-state index contributed by atoms with van der Waals surface area (Å²) in [7, 11) is 1.66. The van der Waals surface area contributed by atoms with Crippen LogP contribution in [0, 0.1) is 0 Å². The molecule has 24 heavy (non-hydrogen) atoms. The molecule has 0 saturated carbocycles. The molecule has 1 saturated heterocycles. The summed E-state index contributed by atoms with van der Waals surface area (Å²) in [5.41, 5.74) is 2.13. The van der Waals surface area contributed by atoms with Gasteiger partial charge < -0.3 is 19.3 Å². The molecular weight excluding hydrogens is 308 g/mol. The lowest BCUT2D eigenvalue weighted by Gasteiger charge is -2.29. The number of hydrogen-bond donors (Lipinski definition) is 0. The number of fused-ring (bicyclic) bond motifs is 1. The summed E-state index contributed by atoms with van der Waals surface area (Å²) in [5.74, 6) is 0.981. The highest BCUT2D eigenvalue weighted by Gasteiger charge is 2.24. The maximum Gasteiger partial charge on any atom is 0.248 e. The highest BCUT2D eigenvalue weighted by atomic mass is 16.5. The number of methoxy groups -OCH3 is 1. The lowest BCUT2D eigenvalue weighted by molar-refractivity contribution is -0.137. The Kier molecular flexibility index (Phi) is 5.98. The van der Waals surface area contributed by atoms with E-state index in [1.165, 1.54) is 12.8 Å². The molecule has 0 aliphatic carbocycles. The fourth-order valence-electron chi connectivity index (χ4n) is 3.19. The third kappa shape index (κ3) is 4.21. The molecule has 1 amide bonds. The van der Waals surface area contributed by atoms with Gasteiger partial charge in [0, 0.05) is 52.9 Å². The summed E-state index contributed by atoms with van der Waals surface area (Å²) in [6, 6.07) is 2.10. The molecule has 0 radical (unpaired) electrons. The standard InChI is InChI=1S/C17H26N4O3/c1-23-9-4-10-24-13-17(22)21-8-5-15-14(12-21)11-16(19-18-15)20-6-2-3-7-20/h11H,2-10,12-13H2,1H3. The van der Waals surface area contributed by atoms with E-state index in [1.807, 2.05) is 4.90 Å². The van der Waals surface area contributed by atoms with E-state index in [1.54, 1.807) is 7.11 Å². The predicted molar refractivity (Wildman–Crippen MR) is 89.9 cm³/mol. The largest absolute Gasteiger partial charge is 0.385 e. The number of ether oxygens (including phenoxy) is 2. The molecule has 7 heteroatoms. The zero-order valence-electron chi connectivity index (χ0n) is 14.4. The van der Waals surface area contributed by atoms with Gasteiger partial charge in [0.25, 0.3) is 0 Å². The van der Waals surface area contributed by atoms with Crippen LogP contribution >= 0.6 is 0 Å². The molecule has 1 fully saturated rings. The molecule has 1 aromatic heterocycles. The first-order chi connectivity index (χ1) is 11.8. The first kappa shape index (κ1) is 17.1. The van der Waals surface area contributed by atoms with E-state index in [0.29, 0.717) is 26.3 Å². The molecule has 0 aromatic carbocycles. The van der Waals surface area contributed by atoms with Gasteiger partial charge in [-0.3, -0.25) is 4.79 Å². The Morgan fingerprint density at radius 2 is 2.04 bits per heavy atom. The second kappa shape index (κ2) is 8.39.